The minimum Gasteiger partial charge on any atom is -0.464 e. The molecule has 3 atom stereocenters. The van der Waals surface area contributed by atoms with Crippen LogP contribution >= 0.6 is 11.6 Å². The minimum atomic E-state index is -1.64. The van der Waals surface area contributed by atoms with Crippen LogP contribution in [0.4, 0.5) is 15.0 Å². The lowest BCUT2D eigenvalue weighted by atomic mass is 10.2. The van der Waals surface area contributed by atoms with E-state index in [1.807, 2.05) is 0 Å². The number of rotatable bonds is 10. The number of hydrogen-bond acceptors (Lipinski definition) is 12. The van der Waals surface area contributed by atoms with Gasteiger partial charge >= 0.3 is 18.0 Å². The molecule has 0 saturated carbocycles. The van der Waals surface area contributed by atoms with E-state index in [2.05, 4.69) is 15.0 Å². The molecule has 14 nitrogen and oxygen atoms in total. The Bertz CT molecular complexity index is 1260. The number of halogens is 2. The second kappa shape index (κ2) is 13.4. The zero-order valence-corrected chi connectivity index (χ0v) is 25.6. The molecule has 1 fully saturated rings. The molecule has 16 heteroatoms. The van der Waals surface area contributed by atoms with E-state index in [1.165, 1.54) is 10.9 Å². The number of aromatic nitrogens is 4. The molecule has 1 aliphatic rings. The minimum absolute atomic E-state index is 0.0267. The van der Waals surface area contributed by atoms with Crippen LogP contribution in [0.2, 0.25) is 5.28 Å². The van der Waals surface area contributed by atoms with Crippen LogP contribution in [0.25, 0.3) is 11.2 Å². The molecule has 1 saturated heterocycles. The van der Waals surface area contributed by atoms with Gasteiger partial charge in [0.2, 0.25) is 5.28 Å². The average Bonchev–Trinajstić information content (AvgIpc) is 3.43. The van der Waals surface area contributed by atoms with Gasteiger partial charge in [0.05, 0.1) is 37.9 Å². The van der Waals surface area contributed by atoms with Gasteiger partial charge in [-0.05, 0) is 67.0 Å². The molecule has 3 rings (SSSR count). The Balaban J connectivity index is 1.89. The van der Waals surface area contributed by atoms with Gasteiger partial charge in [0.25, 0.3) is 6.10 Å². The van der Waals surface area contributed by atoms with Crippen molar-refractivity contribution < 1.29 is 47.3 Å². The quantitative estimate of drug-likeness (QED) is 0.124. The van der Waals surface area contributed by atoms with Gasteiger partial charge in [0, 0.05) is 6.42 Å². The fourth-order valence-electron chi connectivity index (χ4n) is 3.87. The van der Waals surface area contributed by atoms with E-state index in [0.717, 1.165) is 5.06 Å². The van der Waals surface area contributed by atoms with Crippen molar-refractivity contribution in [3.8, 4) is 0 Å². The van der Waals surface area contributed by atoms with Gasteiger partial charge in [0.15, 0.2) is 23.2 Å². The first-order valence-electron chi connectivity index (χ1n) is 13.4. The lowest BCUT2D eigenvalue weighted by Gasteiger charge is -2.30. The number of carbonyl (C=O) groups is 3. The summed E-state index contributed by atoms with van der Waals surface area (Å²) in [7, 11) is 0. The van der Waals surface area contributed by atoms with E-state index in [-0.39, 0.29) is 48.5 Å². The fraction of sp³-hybridized carbons (Fsp3) is 0.692. The third-order valence-electron chi connectivity index (χ3n) is 5.35. The zero-order valence-electron chi connectivity index (χ0n) is 24.9. The van der Waals surface area contributed by atoms with Crippen LogP contribution in [-0.4, -0.2) is 87.0 Å². The topological polar surface area (TPSA) is 153 Å². The maximum absolute atomic E-state index is 15.3. The smallest absolute Gasteiger partial charge is 0.440 e. The molecule has 0 unspecified atom stereocenters. The first-order chi connectivity index (χ1) is 19.5. The Morgan fingerprint density at radius 2 is 1.71 bits per heavy atom. The number of hydroxylamine groups is 1. The Morgan fingerprint density at radius 3 is 2.26 bits per heavy atom. The number of esters is 2. The molecular weight excluding hydrogens is 581 g/mol. The number of carbonyl (C=O) groups excluding carboxylic acids is 3. The maximum atomic E-state index is 15.3. The van der Waals surface area contributed by atoms with Gasteiger partial charge in [-0.15, -0.1) is 5.06 Å². The Morgan fingerprint density at radius 1 is 1.10 bits per heavy atom. The molecule has 0 radical (unpaired) electrons. The lowest BCUT2D eigenvalue weighted by molar-refractivity contribution is -0.175. The van der Waals surface area contributed by atoms with E-state index in [0.29, 0.717) is 0 Å². The molecule has 2 aromatic rings. The zero-order chi connectivity index (χ0) is 31.4. The van der Waals surface area contributed by atoms with Gasteiger partial charge < -0.3 is 23.7 Å². The van der Waals surface area contributed by atoms with Gasteiger partial charge in [-0.3, -0.25) is 9.40 Å². The first-order valence-corrected chi connectivity index (χ1v) is 13.8. The van der Waals surface area contributed by atoms with E-state index < -0.39 is 53.8 Å². The number of nitrogens with zero attached hydrogens (tertiary/aromatic N) is 5. The monoisotopic (exact) mass is 617 g/mol. The van der Waals surface area contributed by atoms with Crippen molar-refractivity contribution in [3.05, 3.63) is 11.6 Å². The molecule has 0 aromatic carbocycles. The summed E-state index contributed by atoms with van der Waals surface area (Å²) in [6.07, 6.45) is -5.04. The van der Waals surface area contributed by atoms with Crippen molar-refractivity contribution in [2.45, 2.75) is 97.6 Å². The van der Waals surface area contributed by atoms with Crippen molar-refractivity contribution in [2.75, 3.05) is 24.9 Å². The van der Waals surface area contributed by atoms with Gasteiger partial charge in [0.1, 0.15) is 11.8 Å². The molecule has 2 aromatic heterocycles. The van der Waals surface area contributed by atoms with Gasteiger partial charge in [-0.2, -0.15) is 9.97 Å². The highest BCUT2D eigenvalue weighted by Gasteiger charge is 2.41. The van der Waals surface area contributed by atoms with Crippen LogP contribution in [-0.2, 0) is 38.1 Å². The van der Waals surface area contributed by atoms with Crippen molar-refractivity contribution in [1.82, 2.24) is 19.5 Å². The number of ether oxygens (including phenoxy) is 5. The van der Waals surface area contributed by atoms with Crippen molar-refractivity contribution in [3.63, 3.8) is 0 Å². The molecule has 1 aliphatic heterocycles. The standard InChI is InChI=1S/C26H37ClFN5O9/c1-9-37-21(34)17(22(35)38-10-2)39-12-14-11-15(28)20(40-14)32-13-29-16-18(32)30-23(27)31-19(16)33(42-26(6,7)8)24(36)41-25(3,4)5/h13-15,17,20H,9-12H2,1-8H3/t14-,15-,20+/m0/s1. The van der Waals surface area contributed by atoms with Gasteiger partial charge in [-0.25, -0.2) is 23.8 Å². The van der Waals surface area contributed by atoms with Crippen molar-refractivity contribution in [1.29, 1.82) is 0 Å². The van der Waals surface area contributed by atoms with Crippen LogP contribution in [0.1, 0.15) is 68.0 Å². The molecule has 3 heterocycles. The molecule has 0 spiro atoms. The van der Waals surface area contributed by atoms with Crippen LogP contribution in [0.5, 0.6) is 0 Å². The number of amides is 1. The first kappa shape index (κ1) is 33.4. The fourth-order valence-corrected chi connectivity index (χ4v) is 4.03. The maximum Gasteiger partial charge on any atom is 0.440 e. The highest BCUT2D eigenvalue weighted by molar-refractivity contribution is 6.28. The SMILES string of the molecule is CCOC(=O)C(OC[C@@H]1C[C@H](F)[C@H](n2cnc3c(N(OC(C)(C)C)C(=O)OC(C)(C)C)nc(Cl)nc32)O1)C(=O)OCC. The third kappa shape index (κ3) is 8.46. The Labute approximate surface area is 247 Å². The van der Waals surface area contributed by atoms with Crippen LogP contribution < -0.4 is 5.06 Å². The van der Waals surface area contributed by atoms with Crippen molar-refractivity contribution >= 4 is 46.6 Å². The molecule has 234 valence electrons. The molecule has 42 heavy (non-hydrogen) atoms. The summed E-state index contributed by atoms with van der Waals surface area (Å²) < 4.78 is 43.2. The molecule has 0 aliphatic carbocycles. The number of fused-ring (bicyclic) bond motifs is 1. The van der Waals surface area contributed by atoms with E-state index >= 15 is 4.39 Å². The number of imidazole rings is 1. The summed E-state index contributed by atoms with van der Waals surface area (Å²) in [5.74, 6) is -1.96. The normalized spacial score (nSPS) is 19.3. The predicted octanol–water partition coefficient (Wildman–Crippen LogP) is 4.09. The van der Waals surface area contributed by atoms with Crippen LogP contribution in [0, 0.1) is 0 Å². The summed E-state index contributed by atoms with van der Waals surface area (Å²) in [6, 6.07) is 0. The summed E-state index contributed by atoms with van der Waals surface area (Å²) in [4.78, 5) is 56.1. The van der Waals surface area contributed by atoms with E-state index in [9.17, 15) is 14.4 Å². The second-order valence-corrected chi connectivity index (χ2v) is 11.6. The summed E-state index contributed by atoms with van der Waals surface area (Å²) >= 11 is 6.23. The second-order valence-electron chi connectivity index (χ2n) is 11.2. The van der Waals surface area contributed by atoms with E-state index in [4.69, 9.17) is 40.1 Å². The molecule has 0 bridgehead atoms. The molecule has 1 amide bonds. The van der Waals surface area contributed by atoms with Crippen LogP contribution in [0.15, 0.2) is 6.33 Å². The lowest BCUT2D eigenvalue weighted by Crippen LogP contribution is -2.42. The number of alkyl halides is 1. The van der Waals surface area contributed by atoms with Crippen molar-refractivity contribution in [2.24, 2.45) is 0 Å². The number of anilines is 1. The Kier molecular flexibility index (Phi) is 10.7. The van der Waals surface area contributed by atoms with Gasteiger partial charge in [-0.1, -0.05) is 0 Å². The highest BCUT2D eigenvalue weighted by atomic mass is 35.5. The summed E-state index contributed by atoms with van der Waals surface area (Å²) in [6.45, 7) is 13.2. The molecular formula is C26H37ClFN5O9. The number of hydrogen-bond donors (Lipinski definition) is 0. The molecule has 0 N–H and O–H groups in total. The summed E-state index contributed by atoms with van der Waals surface area (Å²) in [5, 5.41) is 0.563. The highest BCUT2D eigenvalue weighted by Crippen LogP contribution is 2.36. The van der Waals surface area contributed by atoms with Crippen LogP contribution in [0.3, 0.4) is 0 Å². The predicted molar refractivity (Wildman–Crippen MR) is 146 cm³/mol. The average molecular weight is 618 g/mol. The van der Waals surface area contributed by atoms with E-state index in [1.54, 1.807) is 55.4 Å². The largest absolute Gasteiger partial charge is 0.464 e. The Hall–Kier alpha value is -3.14. The third-order valence-corrected chi connectivity index (χ3v) is 5.52. The summed E-state index contributed by atoms with van der Waals surface area (Å²) in [5.41, 5.74) is -1.60.